The normalized spacial score (nSPS) is 9.25. The van der Waals surface area contributed by atoms with Gasteiger partial charge in [-0.15, -0.1) is 16.5 Å². The van der Waals surface area contributed by atoms with E-state index in [1.54, 1.807) is 6.92 Å². The Kier molecular flexibility index (Phi) is 5.31. The number of urea groups is 1. The van der Waals surface area contributed by atoms with Crippen molar-refractivity contribution in [1.29, 1.82) is 0 Å². The molecule has 70 valence electrons. The van der Waals surface area contributed by atoms with Crippen LogP contribution in [0.25, 0.3) is 0 Å². The number of carbonyl (C=O) groups excluding carboxylic acids is 1. The average Bonchev–Trinajstić information content (AvgIpc) is 2.11. The number of hydrogen-bond acceptors (Lipinski definition) is 4. The van der Waals surface area contributed by atoms with Crippen molar-refractivity contribution in [2.75, 3.05) is 19.0 Å². The molecular weight excluding hydrogens is 186 g/mol. The summed E-state index contributed by atoms with van der Waals surface area (Å²) in [6, 6.07) is -0.867. The Balaban J connectivity index is 4.10. The molecule has 0 unspecified atom stereocenters. The van der Waals surface area contributed by atoms with E-state index in [2.05, 4.69) is 5.29 Å². The molecule has 0 aliphatic carbocycles. The summed E-state index contributed by atoms with van der Waals surface area (Å²) in [5.74, 6) is 0.0923. The lowest BCUT2D eigenvalue weighted by molar-refractivity contribution is -0.0519. The number of amides is 2. The Morgan fingerprint density at radius 2 is 2.25 bits per heavy atom. The SMILES string of the molecule is CCN(O)C(=O)N(CCCl)N=O. The van der Waals surface area contributed by atoms with Crippen LogP contribution in [0, 0.1) is 4.91 Å². The van der Waals surface area contributed by atoms with E-state index < -0.39 is 6.03 Å². The minimum atomic E-state index is -0.867. The van der Waals surface area contributed by atoms with Gasteiger partial charge in [-0.25, -0.2) is 9.86 Å². The van der Waals surface area contributed by atoms with E-state index in [1.807, 2.05) is 0 Å². The average molecular weight is 196 g/mol. The molecule has 7 heteroatoms. The Morgan fingerprint density at radius 3 is 2.58 bits per heavy atom. The predicted molar refractivity (Wildman–Crippen MR) is 42.8 cm³/mol. The molecule has 0 spiro atoms. The maximum Gasteiger partial charge on any atom is 0.366 e. The molecule has 0 atom stereocenters. The lowest BCUT2D eigenvalue weighted by atomic mass is 10.6. The highest BCUT2D eigenvalue weighted by molar-refractivity contribution is 6.18. The van der Waals surface area contributed by atoms with Crippen LogP contribution in [-0.2, 0) is 0 Å². The fraction of sp³-hybridized carbons (Fsp3) is 0.800. The molecule has 0 rings (SSSR count). The van der Waals surface area contributed by atoms with Gasteiger partial charge in [0.2, 0.25) is 0 Å². The maximum atomic E-state index is 10.9. The van der Waals surface area contributed by atoms with Gasteiger partial charge >= 0.3 is 6.03 Å². The number of hydroxylamine groups is 2. The molecule has 0 heterocycles. The van der Waals surface area contributed by atoms with Crippen LogP contribution in [0.2, 0.25) is 0 Å². The van der Waals surface area contributed by atoms with Crippen molar-refractivity contribution in [2.45, 2.75) is 6.92 Å². The van der Waals surface area contributed by atoms with Crippen molar-refractivity contribution in [3.05, 3.63) is 4.91 Å². The van der Waals surface area contributed by atoms with E-state index in [0.717, 1.165) is 0 Å². The summed E-state index contributed by atoms with van der Waals surface area (Å²) < 4.78 is 0. The molecule has 0 aliphatic rings. The van der Waals surface area contributed by atoms with Gasteiger partial charge in [0.25, 0.3) is 0 Å². The van der Waals surface area contributed by atoms with E-state index in [-0.39, 0.29) is 19.0 Å². The van der Waals surface area contributed by atoms with E-state index >= 15 is 0 Å². The molecular formula is C5H10ClN3O3. The van der Waals surface area contributed by atoms with Gasteiger partial charge in [0.05, 0.1) is 11.8 Å². The van der Waals surface area contributed by atoms with Gasteiger partial charge in [-0.2, -0.15) is 5.01 Å². The fourth-order valence-corrected chi connectivity index (χ4v) is 0.680. The first-order valence-electron chi connectivity index (χ1n) is 3.34. The van der Waals surface area contributed by atoms with E-state index in [0.29, 0.717) is 10.1 Å². The minimum Gasteiger partial charge on any atom is -0.284 e. The van der Waals surface area contributed by atoms with Gasteiger partial charge in [0, 0.05) is 12.4 Å². The molecule has 0 aromatic carbocycles. The number of nitroso groups, excluding NO2 is 1. The fourth-order valence-electron chi connectivity index (χ4n) is 0.520. The molecule has 2 amide bonds. The van der Waals surface area contributed by atoms with Crippen LogP contribution in [-0.4, -0.2) is 40.3 Å². The zero-order valence-electron chi connectivity index (χ0n) is 6.60. The summed E-state index contributed by atoms with van der Waals surface area (Å²) in [7, 11) is 0. The Morgan fingerprint density at radius 1 is 1.67 bits per heavy atom. The van der Waals surface area contributed by atoms with Crippen LogP contribution in [0.15, 0.2) is 5.29 Å². The summed E-state index contributed by atoms with van der Waals surface area (Å²) in [6.07, 6.45) is 0. The van der Waals surface area contributed by atoms with Gasteiger partial charge in [-0.3, -0.25) is 5.21 Å². The topological polar surface area (TPSA) is 73.2 Å². The molecule has 1 N–H and O–H groups in total. The Hall–Kier alpha value is -0.880. The highest BCUT2D eigenvalue weighted by Gasteiger charge is 2.18. The second-order valence-corrected chi connectivity index (χ2v) is 2.27. The first-order valence-corrected chi connectivity index (χ1v) is 3.88. The summed E-state index contributed by atoms with van der Waals surface area (Å²) >= 11 is 5.27. The van der Waals surface area contributed by atoms with Crippen molar-refractivity contribution in [3.8, 4) is 0 Å². The van der Waals surface area contributed by atoms with Crippen LogP contribution in [0.1, 0.15) is 6.92 Å². The predicted octanol–water partition coefficient (Wildman–Crippen LogP) is 1.04. The van der Waals surface area contributed by atoms with Gasteiger partial charge in [-0.1, -0.05) is 0 Å². The minimum absolute atomic E-state index is 0.0129. The highest BCUT2D eigenvalue weighted by atomic mass is 35.5. The van der Waals surface area contributed by atoms with E-state index in [1.165, 1.54) is 0 Å². The molecule has 0 saturated heterocycles. The third-order valence-electron chi connectivity index (χ3n) is 1.14. The Bertz CT molecular complexity index is 166. The number of carbonyl (C=O) groups is 1. The zero-order valence-corrected chi connectivity index (χ0v) is 7.36. The third kappa shape index (κ3) is 3.02. The molecule has 0 fully saturated rings. The maximum absolute atomic E-state index is 10.9. The number of alkyl halides is 1. The van der Waals surface area contributed by atoms with Crippen molar-refractivity contribution in [3.63, 3.8) is 0 Å². The van der Waals surface area contributed by atoms with Gasteiger partial charge in [0.15, 0.2) is 0 Å². The summed E-state index contributed by atoms with van der Waals surface area (Å²) in [4.78, 5) is 21.0. The first kappa shape index (κ1) is 11.1. The zero-order chi connectivity index (χ0) is 9.56. The molecule has 0 radical (unpaired) electrons. The van der Waals surface area contributed by atoms with Crippen LogP contribution in [0.5, 0.6) is 0 Å². The summed E-state index contributed by atoms with van der Waals surface area (Å²) in [6.45, 7) is 1.63. The van der Waals surface area contributed by atoms with Crippen LogP contribution < -0.4 is 0 Å². The quantitative estimate of drug-likeness (QED) is 0.315. The standard InChI is InChI=1S/C5H10ClN3O3/c1-2-9(12)5(10)8(7-11)4-3-6/h12H,2-4H2,1H3. The molecule has 6 nitrogen and oxygen atoms in total. The molecule has 0 bridgehead atoms. The number of rotatable bonds is 4. The highest BCUT2D eigenvalue weighted by Crippen LogP contribution is 1.97. The first-order chi connectivity index (χ1) is 5.67. The summed E-state index contributed by atoms with van der Waals surface area (Å²) in [5, 5.41) is 12.2. The lowest BCUT2D eigenvalue weighted by Gasteiger charge is -2.17. The van der Waals surface area contributed by atoms with Crippen molar-refractivity contribution in [2.24, 2.45) is 5.29 Å². The van der Waals surface area contributed by atoms with E-state index in [4.69, 9.17) is 16.8 Å². The molecule has 0 aromatic heterocycles. The smallest absolute Gasteiger partial charge is 0.284 e. The second kappa shape index (κ2) is 5.73. The third-order valence-corrected chi connectivity index (χ3v) is 1.31. The number of hydrogen-bond donors (Lipinski definition) is 1. The van der Waals surface area contributed by atoms with Crippen LogP contribution in [0.3, 0.4) is 0 Å². The lowest BCUT2D eigenvalue weighted by Crippen LogP contribution is -2.39. The van der Waals surface area contributed by atoms with Crippen molar-refractivity contribution >= 4 is 17.6 Å². The molecule has 0 aliphatic heterocycles. The van der Waals surface area contributed by atoms with Gasteiger partial charge in [-0.05, 0) is 6.92 Å². The van der Waals surface area contributed by atoms with E-state index in [9.17, 15) is 9.70 Å². The van der Waals surface area contributed by atoms with Gasteiger partial charge in [0.1, 0.15) is 0 Å². The van der Waals surface area contributed by atoms with Crippen molar-refractivity contribution < 1.29 is 10.0 Å². The molecule has 12 heavy (non-hydrogen) atoms. The monoisotopic (exact) mass is 195 g/mol. The van der Waals surface area contributed by atoms with Gasteiger partial charge < -0.3 is 0 Å². The second-order valence-electron chi connectivity index (χ2n) is 1.89. The van der Waals surface area contributed by atoms with Crippen LogP contribution >= 0.6 is 11.6 Å². The number of nitrogens with zero attached hydrogens (tertiary/aromatic N) is 3. The summed E-state index contributed by atoms with van der Waals surface area (Å²) in [5.41, 5.74) is 0. The largest absolute Gasteiger partial charge is 0.366 e. The Labute approximate surface area is 74.6 Å². The van der Waals surface area contributed by atoms with Crippen LogP contribution in [0.4, 0.5) is 4.79 Å². The number of halogens is 1. The van der Waals surface area contributed by atoms with Crippen molar-refractivity contribution in [1.82, 2.24) is 10.1 Å². The molecule has 0 saturated carbocycles. The molecule has 0 aromatic rings.